The van der Waals surface area contributed by atoms with Crippen LogP contribution in [0.1, 0.15) is 13.3 Å². The van der Waals surface area contributed by atoms with Crippen LogP contribution in [0.2, 0.25) is 0 Å². The summed E-state index contributed by atoms with van der Waals surface area (Å²) in [6, 6.07) is -0.404. The molecule has 1 N–H and O–H groups in total. The minimum atomic E-state index is -1.02. The maximum Gasteiger partial charge on any atom is 0.349 e. The van der Waals surface area contributed by atoms with E-state index in [1.54, 1.807) is 4.90 Å². The highest BCUT2D eigenvalue weighted by molar-refractivity contribution is 6.06. The van der Waals surface area contributed by atoms with Gasteiger partial charge in [-0.25, -0.2) is 4.79 Å². The van der Waals surface area contributed by atoms with Crippen LogP contribution in [0.3, 0.4) is 0 Å². The van der Waals surface area contributed by atoms with Crippen molar-refractivity contribution in [3.05, 3.63) is 23.8 Å². The number of hydrogen-bond donors (Lipinski definition) is 1. The first-order valence-corrected chi connectivity index (χ1v) is 8.07. The van der Waals surface area contributed by atoms with Gasteiger partial charge in [0, 0.05) is 0 Å². The molecule has 0 radical (unpaired) electrons. The molecule has 0 aromatic heterocycles. The smallest absolute Gasteiger partial charge is 0.349 e. The van der Waals surface area contributed by atoms with Crippen molar-refractivity contribution in [3.63, 3.8) is 0 Å². The quantitative estimate of drug-likeness (QED) is 0.755. The Balaban J connectivity index is 1.62. The van der Waals surface area contributed by atoms with Gasteiger partial charge in [0.05, 0.1) is 38.5 Å². The fraction of sp³-hybridized carbons (Fsp3) is 0.625. The molecule has 2 amide bonds. The number of amides is 2. The number of aliphatic hydroxyl groups is 1. The molecule has 7 heteroatoms. The molecule has 0 aromatic carbocycles. The molecular formula is C16H21N3O4. The summed E-state index contributed by atoms with van der Waals surface area (Å²) in [7, 11) is 0. The number of nitrogens with zero attached hydrogens (tertiary/aromatic N) is 3. The number of rotatable bonds is 5. The van der Waals surface area contributed by atoms with Crippen molar-refractivity contribution < 1.29 is 19.4 Å². The number of carbonyl (C=O) groups excluding carboxylic acids is 1. The number of amidine groups is 1. The number of ether oxygens (including phenoxy) is 2. The van der Waals surface area contributed by atoms with Crippen molar-refractivity contribution in [2.75, 3.05) is 26.3 Å². The Bertz CT molecular complexity index is 592. The Kier molecular flexibility index (Phi) is 3.71. The van der Waals surface area contributed by atoms with Crippen LogP contribution in [-0.2, 0) is 9.47 Å². The third kappa shape index (κ3) is 3.17. The van der Waals surface area contributed by atoms with Crippen molar-refractivity contribution in [1.29, 1.82) is 0 Å². The summed E-state index contributed by atoms with van der Waals surface area (Å²) in [5, 5.41) is 10.7. The van der Waals surface area contributed by atoms with E-state index < -0.39 is 12.4 Å². The van der Waals surface area contributed by atoms with Gasteiger partial charge in [-0.1, -0.05) is 25.2 Å². The van der Waals surface area contributed by atoms with Gasteiger partial charge in [0.25, 0.3) is 0 Å². The highest BCUT2D eigenvalue weighted by Gasteiger charge is 2.41. The minimum absolute atomic E-state index is 0.0150. The van der Waals surface area contributed by atoms with E-state index in [0.717, 1.165) is 12.0 Å². The molecule has 4 atom stereocenters. The second-order valence-electron chi connectivity index (χ2n) is 6.54. The summed E-state index contributed by atoms with van der Waals surface area (Å²) < 4.78 is 10.5. The molecule has 0 bridgehead atoms. The van der Waals surface area contributed by atoms with Gasteiger partial charge in [0.1, 0.15) is 5.84 Å². The molecule has 23 heavy (non-hydrogen) atoms. The largest absolute Gasteiger partial charge is 0.371 e. The lowest BCUT2D eigenvalue weighted by atomic mass is 9.94. The van der Waals surface area contributed by atoms with E-state index in [-0.39, 0.29) is 12.2 Å². The standard InChI is InChI=1S/C16H21N3O4/c1-10-3-2-4-11(5-10)14-17-15(20)19(7-13-9-23-13)16(21)18(14)6-12-8-22-12/h2-4,10,12-13,16,21H,5-9H2,1H3. The molecule has 124 valence electrons. The van der Waals surface area contributed by atoms with Crippen molar-refractivity contribution >= 4 is 11.9 Å². The van der Waals surface area contributed by atoms with Crippen LogP contribution in [0.5, 0.6) is 0 Å². The molecular weight excluding hydrogens is 298 g/mol. The highest BCUT2D eigenvalue weighted by Crippen LogP contribution is 2.27. The van der Waals surface area contributed by atoms with Crippen molar-refractivity contribution in [2.24, 2.45) is 10.9 Å². The molecule has 4 aliphatic rings. The van der Waals surface area contributed by atoms with Gasteiger partial charge < -0.3 is 19.5 Å². The lowest BCUT2D eigenvalue weighted by molar-refractivity contribution is -0.0632. The van der Waals surface area contributed by atoms with E-state index >= 15 is 0 Å². The van der Waals surface area contributed by atoms with Gasteiger partial charge >= 0.3 is 6.03 Å². The van der Waals surface area contributed by atoms with Crippen LogP contribution in [0.4, 0.5) is 4.79 Å². The molecule has 2 saturated heterocycles. The Morgan fingerprint density at radius 1 is 1.26 bits per heavy atom. The predicted molar refractivity (Wildman–Crippen MR) is 82.7 cm³/mol. The van der Waals surface area contributed by atoms with Crippen LogP contribution in [0.25, 0.3) is 0 Å². The molecule has 4 rings (SSSR count). The van der Waals surface area contributed by atoms with Gasteiger partial charge in [-0.2, -0.15) is 4.99 Å². The highest BCUT2D eigenvalue weighted by atomic mass is 16.6. The van der Waals surface area contributed by atoms with E-state index in [9.17, 15) is 9.90 Å². The molecule has 3 aliphatic heterocycles. The third-order valence-corrected chi connectivity index (χ3v) is 4.45. The summed E-state index contributed by atoms with van der Waals surface area (Å²) in [4.78, 5) is 19.8. The molecule has 0 aromatic rings. The van der Waals surface area contributed by atoms with E-state index in [0.29, 0.717) is 38.1 Å². The Morgan fingerprint density at radius 3 is 2.52 bits per heavy atom. The van der Waals surface area contributed by atoms with Gasteiger partial charge in [-0.15, -0.1) is 0 Å². The van der Waals surface area contributed by atoms with Crippen molar-refractivity contribution in [2.45, 2.75) is 31.9 Å². The molecule has 1 aliphatic carbocycles. The number of aliphatic hydroxyl groups excluding tert-OH is 1. The Morgan fingerprint density at radius 2 is 1.91 bits per heavy atom. The lowest BCUT2D eigenvalue weighted by Crippen LogP contribution is -2.58. The van der Waals surface area contributed by atoms with Crippen LogP contribution in [-0.4, -0.2) is 71.6 Å². The summed E-state index contributed by atoms with van der Waals surface area (Å²) in [5.74, 6) is 0.962. The third-order valence-electron chi connectivity index (χ3n) is 4.45. The number of epoxide rings is 2. The Labute approximate surface area is 134 Å². The van der Waals surface area contributed by atoms with E-state index in [4.69, 9.17) is 9.47 Å². The maximum atomic E-state index is 12.4. The molecule has 0 spiro atoms. The maximum absolute atomic E-state index is 12.4. The summed E-state index contributed by atoms with van der Waals surface area (Å²) in [6.45, 7) is 4.34. The first kappa shape index (κ1) is 14.9. The summed E-state index contributed by atoms with van der Waals surface area (Å²) >= 11 is 0. The fourth-order valence-electron chi connectivity index (χ4n) is 3.00. The second-order valence-corrected chi connectivity index (χ2v) is 6.54. The number of allylic oxidation sites excluding steroid dienone is 3. The molecule has 7 nitrogen and oxygen atoms in total. The van der Waals surface area contributed by atoms with Crippen LogP contribution < -0.4 is 0 Å². The van der Waals surface area contributed by atoms with Gasteiger partial charge in [-0.05, 0) is 17.9 Å². The Hall–Kier alpha value is -1.70. The molecule has 2 fully saturated rings. The van der Waals surface area contributed by atoms with E-state index in [1.165, 1.54) is 4.90 Å². The SMILES string of the molecule is CC1C=CC=C(C2=NC(=O)N(CC3CO3)C(O)N2CC2CO2)C1. The zero-order valence-electron chi connectivity index (χ0n) is 13.1. The first-order chi connectivity index (χ1) is 11.1. The van der Waals surface area contributed by atoms with Gasteiger partial charge in [0.2, 0.25) is 6.35 Å². The average molecular weight is 319 g/mol. The summed E-state index contributed by atoms with van der Waals surface area (Å²) in [6.07, 6.45) is 5.98. The zero-order chi connectivity index (χ0) is 16.0. The second kappa shape index (κ2) is 5.74. The van der Waals surface area contributed by atoms with Crippen LogP contribution >= 0.6 is 0 Å². The molecule has 4 unspecified atom stereocenters. The van der Waals surface area contributed by atoms with Crippen molar-refractivity contribution in [3.8, 4) is 0 Å². The topological polar surface area (TPSA) is 81.2 Å². The molecule has 0 saturated carbocycles. The monoisotopic (exact) mass is 319 g/mol. The molecule has 3 heterocycles. The van der Waals surface area contributed by atoms with Crippen LogP contribution in [0, 0.1) is 5.92 Å². The number of hydrogen-bond acceptors (Lipinski definition) is 5. The summed E-state index contributed by atoms with van der Waals surface area (Å²) in [5.41, 5.74) is 0.982. The van der Waals surface area contributed by atoms with Gasteiger partial charge in [-0.3, -0.25) is 4.90 Å². The van der Waals surface area contributed by atoms with Crippen LogP contribution in [0.15, 0.2) is 28.8 Å². The number of carbonyl (C=O) groups is 1. The fourth-order valence-corrected chi connectivity index (χ4v) is 3.00. The normalized spacial score (nSPS) is 36.0. The van der Waals surface area contributed by atoms with E-state index in [2.05, 4.69) is 18.0 Å². The minimum Gasteiger partial charge on any atom is -0.371 e. The van der Waals surface area contributed by atoms with Crippen molar-refractivity contribution in [1.82, 2.24) is 9.80 Å². The average Bonchev–Trinajstić information content (AvgIpc) is 3.42. The predicted octanol–water partition coefficient (Wildman–Crippen LogP) is 0.718. The zero-order valence-corrected chi connectivity index (χ0v) is 13.1. The lowest BCUT2D eigenvalue weighted by Gasteiger charge is -2.41. The number of aliphatic imine (C=N–C) groups is 1. The van der Waals surface area contributed by atoms with Gasteiger partial charge in [0.15, 0.2) is 0 Å². The first-order valence-electron chi connectivity index (χ1n) is 8.07. The number of urea groups is 1. The van der Waals surface area contributed by atoms with E-state index in [1.807, 2.05) is 12.2 Å².